The van der Waals surface area contributed by atoms with Crippen LogP contribution in [0.25, 0.3) is 0 Å². The maximum Gasteiger partial charge on any atom is 0.159 e. The van der Waals surface area contributed by atoms with Crippen LogP contribution in [0.2, 0.25) is 0 Å². The van der Waals surface area contributed by atoms with Gasteiger partial charge in [0.05, 0.1) is 5.38 Å². The lowest BCUT2D eigenvalue weighted by molar-refractivity contribution is 0.507. The van der Waals surface area contributed by atoms with E-state index >= 15 is 0 Å². The van der Waals surface area contributed by atoms with Gasteiger partial charge in [-0.3, -0.25) is 0 Å². The minimum atomic E-state index is -0.859. The van der Waals surface area contributed by atoms with Crippen molar-refractivity contribution in [3.05, 3.63) is 70.8 Å². The summed E-state index contributed by atoms with van der Waals surface area (Å²) in [4.78, 5) is 0. The summed E-state index contributed by atoms with van der Waals surface area (Å²) < 4.78 is 25.9. The Kier molecular flexibility index (Phi) is 3.97. The lowest BCUT2D eigenvalue weighted by Crippen LogP contribution is -1.97. The fraction of sp³-hybridized carbons (Fsp3) is 0.200. The Morgan fingerprint density at radius 2 is 1.67 bits per heavy atom. The fourth-order valence-electron chi connectivity index (χ4n) is 1.76. The molecule has 0 aliphatic carbocycles. The van der Waals surface area contributed by atoms with Gasteiger partial charge < -0.3 is 0 Å². The Morgan fingerprint density at radius 3 is 2.28 bits per heavy atom. The van der Waals surface area contributed by atoms with E-state index in [9.17, 15) is 8.78 Å². The van der Waals surface area contributed by atoms with Crippen LogP contribution < -0.4 is 0 Å². The highest BCUT2D eigenvalue weighted by Gasteiger charge is 2.11. The van der Waals surface area contributed by atoms with Crippen LogP contribution in [-0.2, 0) is 6.42 Å². The molecule has 0 amide bonds. The third-order valence-corrected chi connectivity index (χ3v) is 3.25. The van der Waals surface area contributed by atoms with E-state index in [-0.39, 0.29) is 5.38 Å². The van der Waals surface area contributed by atoms with Crippen molar-refractivity contribution in [2.24, 2.45) is 0 Å². The van der Waals surface area contributed by atoms with Gasteiger partial charge in [-0.1, -0.05) is 35.9 Å². The van der Waals surface area contributed by atoms with Crippen molar-refractivity contribution in [3.8, 4) is 0 Å². The maximum absolute atomic E-state index is 13.1. The van der Waals surface area contributed by atoms with Crippen LogP contribution in [-0.4, -0.2) is 0 Å². The van der Waals surface area contributed by atoms with E-state index in [2.05, 4.69) is 0 Å². The van der Waals surface area contributed by atoms with E-state index < -0.39 is 11.6 Å². The first-order valence-electron chi connectivity index (χ1n) is 5.71. The van der Waals surface area contributed by atoms with E-state index in [1.165, 1.54) is 11.6 Å². The molecule has 0 nitrogen and oxygen atoms in total. The first-order valence-corrected chi connectivity index (χ1v) is 6.14. The third-order valence-electron chi connectivity index (χ3n) is 2.84. The molecule has 0 fully saturated rings. The zero-order valence-electron chi connectivity index (χ0n) is 9.96. The second-order valence-electron chi connectivity index (χ2n) is 4.33. The predicted octanol–water partition coefficient (Wildman–Crippen LogP) is 4.80. The van der Waals surface area contributed by atoms with Crippen molar-refractivity contribution in [2.75, 3.05) is 0 Å². The Balaban J connectivity index is 2.13. The monoisotopic (exact) mass is 266 g/mol. The van der Waals surface area contributed by atoms with Gasteiger partial charge in [0.25, 0.3) is 0 Å². The number of rotatable bonds is 3. The number of benzene rings is 2. The summed E-state index contributed by atoms with van der Waals surface area (Å²) in [5.41, 5.74) is 2.85. The van der Waals surface area contributed by atoms with Crippen molar-refractivity contribution in [2.45, 2.75) is 18.7 Å². The molecule has 0 N–H and O–H groups in total. The van der Waals surface area contributed by atoms with Crippen LogP contribution in [0.4, 0.5) is 8.78 Å². The minimum absolute atomic E-state index is 0.359. The second-order valence-corrected chi connectivity index (χ2v) is 4.86. The molecule has 0 heterocycles. The molecule has 94 valence electrons. The van der Waals surface area contributed by atoms with Crippen molar-refractivity contribution in [1.82, 2.24) is 0 Å². The van der Waals surface area contributed by atoms with Crippen LogP contribution in [0.3, 0.4) is 0 Å². The summed E-state index contributed by atoms with van der Waals surface area (Å²) in [6.07, 6.45) is 0.590. The molecule has 0 saturated heterocycles. The quantitative estimate of drug-likeness (QED) is 0.701. The number of hydrogen-bond acceptors (Lipinski definition) is 0. The molecular formula is C15H13ClF2. The molecular weight excluding hydrogens is 254 g/mol. The lowest BCUT2D eigenvalue weighted by atomic mass is 10.0. The molecule has 2 rings (SSSR count). The van der Waals surface area contributed by atoms with E-state index in [0.29, 0.717) is 12.0 Å². The van der Waals surface area contributed by atoms with Gasteiger partial charge in [0.2, 0.25) is 0 Å². The zero-order chi connectivity index (χ0) is 13.1. The molecule has 2 aromatic carbocycles. The summed E-state index contributed by atoms with van der Waals surface area (Å²) >= 11 is 6.22. The van der Waals surface area contributed by atoms with E-state index in [4.69, 9.17) is 11.6 Å². The molecule has 1 unspecified atom stereocenters. The molecule has 0 aliphatic heterocycles. The normalized spacial score (nSPS) is 12.4. The molecule has 18 heavy (non-hydrogen) atoms. The molecule has 2 aromatic rings. The minimum Gasteiger partial charge on any atom is -0.204 e. The Bertz CT molecular complexity index is 535. The van der Waals surface area contributed by atoms with Gasteiger partial charge >= 0.3 is 0 Å². The molecule has 0 aliphatic rings. The SMILES string of the molecule is Cc1ccc(CC(Cl)c2ccc(F)c(F)c2)cc1. The summed E-state index contributed by atoms with van der Waals surface area (Å²) in [5, 5.41) is -0.359. The van der Waals surface area contributed by atoms with Gasteiger partial charge in [-0.05, 0) is 36.6 Å². The van der Waals surface area contributed by atoms with E-state index in [0.717, 1.165) is 17.7 Å². The zero-order valence-corrected chi connectivity index (χ0v) is 10.7. The third kappa shape index (κ3) is 3.08. The van der Waals surface area contributed by atoms with Crippen LogP contribution in [0.1, 0.15) is 22.1 Å². The summed E-state index contributed by atoms with van der Waals surface area (Å²) in [6.45, 7) is 2.01. The Labute approximate surface area is 110 Å². The largest absolute Gasteiger partial charge is 0.204 e. The van der Waals surface area contributed by atoms with Crippen molar-refractivity contribution < 1.29 is 8.78 Å². The van der Waals surface area contributed by atoms with Crippen LogP contribution in [0.15, 0.2) is 42.5 Å². The second kappa shape index (κ2) is 5.49. The first-order chi connectivity index (χ1) is 8.56. The number of aryl methyl sites for hydroxylation is 1. The van der Waals surface area contributed by atoms with Crippen molar-refractivity contribution in [3.63, 3.8) is 0 Å². The molecule has 0 saturated carbocycles. The predicted molar refractivity (Wildman–Crippen MR) is 69.8 cm³/mol. The highest BCUT2D eigenvalue weighted by molar-refractivity contribution is 6.20. The first kappa shape index (κ1) is 13.0. The average molecular weight is 267 g/mol. The highest BCUT2D eigenvalue weighted by atomic mass is 35.5. The van der Waals surface area contributed by atoms with Crippen LogP contribution in [0.5, 0.6) is 0 Å². The number of hydrogen-bond donors (Lipinski definition) is 0. The van der Waals surface area contributed by atoms with Gasteiger partial charge in [-0.25, -0.2) is 8.78 Å². The molecule has 0 spiro atoms. The maximum atomic E-state index is 13.1. The molecule has 1 atom stereocenters. The van der Waals surface area contributed by atoms with Gasteiger partial charge in [-0.2, -0.15) is 0 Å². The van der Waals surface area contributed by atoms with Crippen molar-refractivity contribution in [1.29, 1.82) is 0 Å². The number of halogens is 3. The smallest absolute Gasteiger partial charge is 0.159 e. The lowest BCUT2D eigenvalue weighted by Gasteiger charge is -2.10. The van der Waals surface area contributed by atoms with Gasteiger partial charge in [-0.15, -0.1) is 11.6 Å². The van der Waals surface area contributed by atoms with Gasteiger partial charge in [0, 0.05) is 0 Å². The Morgan fingerprint density at radius 1 is 1.00 bits per heavy atom. The molecule has 0 bridgehead atoms. The molecule has 3 heteroatoms. The number of alkyl halides is 1. The Hall–Kier alpha value is -1.41. The summed E-state index contributed by atoms with van der Waals surface area (Å²) in [5.74, 6) is -1.71. The molecule has 0 aromatic heterocycles. The van der Waals surface area contributed by atoms with Crippen LogP contribution >= 0.6 is 11.6 Å². The van der Waals surface area contributed by atoms with E-state index in [1.54, 1.807) is 0 Å². The highest BCUT2D eigenvalue weighted by Crippen LogP contribution is 2.26. The fourth-order valence-corrected chi connectivity index (χ4v) is 2.07. The van der Waals surface area contributed by atoms with Crippen molar-refractivity contribution >= 4 is 11.6 Å². The van der Waals surface area contributed by atoms with E-state index in [1.807, 2.05) is 31.2 Å². The topological polar surface area (TPSA) is 0 Å². The van der Waals surface area contributed by atoms with Crippen LogP contribution in [0, 0.1) is 18.6 Å². The molecule has 0 radical (unpaired) electrons. The van der Waals surface area contributed by atoms with Gasteiger partial charge in [0.1, 0.15) is 0 Å². The summed E-state index contributed by atoms with van der Waals surface area (Å²) in [6, 6.07) is 11.8. The average Bonchev–Trinajstić information content (AvgIpc) is 2.35. The summed E-state index contributed by atoms with van der Waals surface area (Å²) in [7, 11) is 0. The van der Waals surface area contributed by atoms with Gasteiger partial charge in [0.15, 0.2) is 11.6 Å². The standard InChI is InChI=1S/C15H13ClF2/c1-10-2-4-11(5-3-10)8-13(16)12-6-7-14(17)15(18)9-12/h2-7,9,13H,8H2,1H3.